The summed E-state index contributed by atoms with van der Waals surface area (Å²) in [6.07, 6.45) is 4.07. The molecule has 0 radical (unpaired) electrons. The fourth-order valence-corrected chi connectivity index (χ4v) is 2.45. The van der Waals surface area contributed by atoms with Gasteiger partial charge < -0.3 is 9.88 Å². The molecule has 4 heteroatoms. The van der Waals surface area contributed by atoms with E-state index in [1.807, 2.05) is 13.1 Å². The molecule has 19 heavy (non-hydrogen) atoms. The molecule has 0 aliphatic heterocycles. The van der Waals surface area contributed by atoms with Crippen molar-refractivity contribution >= 4 is 10.9 Å². The highest BCUT2D eigenvalue weighted by atomic mass is 15.1. The second kappa shape index (κ2) is 4.90. The molecule has 2 aromatic heterocycles. The molecule has 0 saturated carbocycles. The number of para-hydroxylation sites is 1. The van der Waals surface area contributed by atoms with Gasteiger partial charge in [-0.15, -0.1) is 0 Å². The number of aromatic amines is 1. The van der Waals surface area contributed by atoms with Gasteiger partial charge in [-0.05, 0) is 18.6 Å². The van der Waals surface area contributed by atoms with Crippen LogP contribution in [0.4, 0.5) is 0 Å². The van der Waals surface area contributed by atoms with Gasteiger partial charge in [0.2, 0.25) is 0 Å². The third-order valence-electron chi connectivity index (χ3n) is 3.54. The zero-order chi connectivity index (χ0) is 13.2. The standard InChI is InChI=1S/C15H18N4/c1-11-12(9-17-18-11)7-16-8-13-10-19(2)15-6-4-3-5-14(13)15/h3-6,9-10,16H,7-8H2,1-2H3,(H,17,18). The molecule has 0 fully saturated rings. The van der Waals surface area contributed by atoms with Crippen LogP contribution >= 0.6 is 0 Å². The third kappa shape index (κ3) is 2.27. The molecule has 2 N–H and O–H groups in total. The van der Waals surface area contributed by atoms with E-state index in [4.69, 9.17) is 0 Å². The van der Waals surface area contributed by atoms with E-state index in [9.17, 15) is 0 Å². The number of H-pyrrole nitrogens is 1. The molecule has 0 aliphatic rings. The van der Waals surface area contributed by atoms with E-state index in [-0.39, 0.29) is 0 Å². The maximum Gasteiger partial charge on any atom is 0.0535 e. The van der Waals surface area contributed by atoms with Crippen LogP contribution in [0.5, 0.6) is 0 Å². The van der Waals surface area contributed by atoms with E-state index in [2.05, 4.69) is 57.6 Å². The number of benzene rings is 1. The van der Waals surface area contributed by atoms with Crippen LogP contribution in [0, 0.1) is 6.92 Å². The Labute approximate surface area is 112 Å². The molecule has 0 saturated heterocycles. The number of aromatic nitrogens is 3. The fraction of sp³-hybridized carbons (Fsp3) is 0.267. The molecule has 0 aliphatic carbocycles. The van der Waals surface area contributed by atoms with Crippen molar-refractivity contribution in [2.45, 2.75) is 20.0 Å². The first-order chi connectivity index (χ1) is 9.25. The Hall–Kier alpha value is -2.07. The summed E-state index contributed by atoms with van der Waals surface area (Å²) in [5, 5.41) is 11.8. The second-order valence-electron chi connectivity index (χ2n) is 4.91. The molecular weight excluding hydrogens is 236 g/mol. The van der Waals surface area contributed by atoms with E-state index in [1.165, 1.54) is 22.0 Å². The van der Waals surface area contributed by atoms with Crippen LogP contribution in [0.25, 0.3) is 10.9 Å². The SMILES string of the molecule is Cc1[nH]ncc1CNCc1cn(C)c2ccccc12. The molecular formula is C15H18N4. The number of hydrogen-bond acceptors (Lipinski definition) is 2. The van der Waals surface area contributed by atoms with Gasteiger partial charge in [0, 0.05) is 48.5 Å². The van der Waals surface area contributed by atoms with Gasteiger partial charge in [-0.3, -0.25) is 5.10 Å². The zero-order valence-electron chi connectivity index (χ0n) is 11.3. The van der Waals surface area contributed by atoms with Gasteiger partial charge in [0.1, 0.15) is 0 Å². The minimum absolute atomic E-state index is 0.839. The molecule has 3 aromatic rings. The van der Waals surface area contributed by atoms with Gasteiger partial charge in [0.15, 0.2) is 0 Å². The largest absolute Gasteiger partial charge is 0.350 e. The van der Waals surface area contributed by atoms with Crippen molar-refractivity contribution in [3.63, 3.8) is 0 Å². The van der Waals surface area contributed by atoms with Crippen LogP contribution in [0.15, 0.2) is 36.7 Å². The summed E-state index contributed by atoms with van der Waals surface area (Å²) in [5.74, 6) is 0. The lowest BCUT2D eigenvalue weighted by atomic mass is 10.1. The monoisotopic (exact) mass is 254 g/mol. The van der Waals surface area contributed by atoms with E-state index in [1.54, 1.807) is 0 Å². The molecule has 98 valence electrons. The van der Waals surface area contributed by atoms with Crippen LogP contribution < -0.4 is 5.32 Å². The lowest BCUT2D eigenvalue weighted by Crippen LogP contribution is -2.12. The van der Waals surface area contributed by atoms with Gasteiger partial charge in [-0.2, -0.15) is 5.10 Å². The first-order valence-electron chi connectivity index (χ1n) is 6.48. The highest BCUT2D eigenvalue weighted by Gasteiger charge is 2.06. The summed E-state index contributed by atoms with van der Waals surface area (Å²) in [6, 6.07) is 8.49. The predicted octanol–water partition coefficient (Wildman–Crippen LogP) is 2.50. The molecule has 0 spiro atoms. The summed E-state index contributed by atoms with van der Waals surface area (Å²) >= 11 is 0. The Balaban J connectivity index is 1.74. The maximum absolute atomic E-state index is 4.03. The zero-order valence-corrected chi connectivity index (χ0v) is 11.3. The van der Waals surface area contributed by atoms with Gasteiger partial charge in [-0.25, -0.2) is 0 Å². The summed E-state index contributed by atoms with van der Waals surface area (Å²) in [7, 11) is 2.09. The lowest BCUT2D eigenvalue weighted by molar-refractivity contribution is 0.692. The smallest absolute Gasteiger partial charge is 0.0535 e. The van der Waals surface area contributed by atoms with E-state index >= 15 is 0 Å². The van der Waals surface area contributed by atoms with Crippen molar-refractivity contribution in [3.05, 3.63) is 53.5 Å². The summed E-state index contributed by atoms with van der Waals surface area (Å²) in [6.45, 7) is 3.75. The molecule has 2 heterocycles. The molecule has 0 amide bonds. The predicted molar refractivity (Wildman–Crippen MR) is 76.8 cm³/mol. The summed E-state index contributed by atoms with van der Waals surface area (Å²) in [5.41, 5.74) is 4.96. The second-order valence-corrected chi connectivity index (χ2v) is 4.91. The molecule has 0 bridgehead atoms. The van der Waals surface area contributed by atoms with Crippen molar-refractivity contribution in [2.24, 2.45) is 7.05 Å². The van der Waals surface area contributed by atoms with Crippen LogP contribution in [-0.2, 0) is 20.1 Å². The minimum atomic E-state index is 0.839. The molecule has 1 aromatic carbocycles. The average molecular weight is 254 g/mol. The average Bonchev–Trinajstić information content (AvgIpc) is 2.96. The van der Waals surface area contributed by atoms with Gasteiger partial charge in [0.25, 0.3) is 0 Å². The lowest BCUT2D eigenvalue weighted by Gasteiger charge is -2.03. The first-order valence-corrected chi connectivity index (χ1v) is 6.48. The van der Waals surface area contributed by atoms with Crippen LogP contribution in [0.3, 0.4) is 0 Å². The molecule has 0 unspecified atom stereocenters. The van der Waals surface area contributed by atoms with Crippen LogP contribution in [0.2, 0.25) is 0 Å². The van der Waals surface area contributed by atoms with E-state index in [0.29, 0.717) is 0 Å². The van der Waals surface area contributed by atoms with Crippen molar-refractivity contribution in [2.75, 3.05) is 0 Å². The number of rotatable bonds is 4. The van der Waals surface area contributed by atoms with Crippen molar-refractivity contribution in [3.8, 4) is 0 Å². The number of hydrogen-bond donors (Lipinski definition) is 2. The van der Waals surface area contributed by atoms with Crippen LogP contribution in [0.1, 0.15) is 16.8 Å². The van der Waals surface area contributed by atoms with Gasteiger partial charge in [0.05, 0.1) is 6.20 Å². The number of nitrogens with zero attached hydrogens (tertiary/aromatic N) is 2. The number of fused-ring (bicyclic) bond motifs is 1. The van der Waals surface area contributed by atoms with Gasteiger partial charge >= 0.3 is 0 Å². The Morgan fingerprint density at radius 2 is 2.00 bits per heavy atom. The Morgan fingerprint density at radius 1 is 1.21 bits per heavy atom. The normalized spacial score (nSPS) is 11.3. The quantitative estimate of drug-likeness (QED) is 0.751. The Bertz CT molecular complexity index is 693. The van der Waals surface area contributed by atoms with Gasteiger partial charge in [-0.1, -0.05) is 18.2 Å². The van der Waals surface area contributed by atoms with Crippen molar-refractivity contribution < 1.29 is 0 Å². The molecule has 3 rings (SSSR count). The molecule has 4 nitrogen and oxygen atoms in total. The minimum Gasteiger partial charge on any atom is -0.350 e. The fourth-order valence-electron chi connectivity index (χ4n) is 2.45. The van der Waals surface area contributed by atoms with E-state index < -0.39 is 0 Å². The summed E-state index contributed by atoms with van der Waals surface area (Å²) in [4.78, 5) is 0. The number of nitrogens with one attached hydrogen (secondary N) is 2. The molecule has 0 atom stereocenters. The first kappa shape index (κ1) is 12.0. The third-order valence-corrected chi connectivity index (χ3v) is 3.54. The highest BCUT2D eigenvalue weighted by Crippen LogP contribution is 2.20. The number of aryl methyl sites for hydroxylation is 2. The topological polar surface area (TPSA) is 45.6 Å². The van der Waals surface area contributed by atoms with Crippen LogP contribution in [-0.4, -0.2) is 14.8 Å². The maximum atomic E-state index is 4.03. The van der Waals surface area contributed by atoms with Crippen molar-refractivity contribution in [1.82, 2.24) is 20.1 Å². The van der Waals surface area contributed by atoms with E-state index in [0.717, 1.165) is 18.8 Å². The summed E-state index contributed by atoms with van der Waals surface area (Å²) < 4.78 is 2.18. The highest BCUT2D eigenvalue weighted by molar-refractivity contribution is 5.83. The Kier molecular flexibility index (Phi) is 3.09. The Morgan fingerprint density at radius 3 is 2.79 bits per heavy atom. The van der Waals surface area contributed by atoms with Crippen molar-refractivity contribution in [1.29, 1.82) is 0 Å².